The van der Waals surface area contributed by atoms with E-state index in [1.165, 1.54) is 75.8 Å². The van der Waals surface area contributed by atoms with Crippen molar-refractivity contribution in [2.24, 2.45) is 23.7 Å². The average Bonchev–Trinajstić information content (AvgIpc) is 2.98. The number of hydrogen-bond acceptors (Lipinski definition) is 2. The molecule has 0 aliphatic heterocycles. The largest absolute Gasteiger partial charge is 0.497 e. The molecule has 0 bridgehead atoms. The van der Waals surface area contributed by atoms with Crippen LogP contribution in [0.4, 0.5) is 0 Å². The predicted molar refractivity (Wildman–Crippen MR) is 142 cm³/mol. The van der Waals surface area contributed by atoms with Crippen molar-refractivity contribution < 1.29 is 4.74 Å². The molecule has 3 rings (SSSR count). The molecule has 5 atom stereocenters. The minimum atomic E-state index is -2.02. The molecule has 32 heavy (non-hydrogen) atoms. The lowest BCUT2D eigenvalue weighted by Gasteiger charge is -2.43. The summed E-state index contributed by atoms with van der Waals surface area (Å²) in [7, 11) is -0.163. The molecule has 2 saturated carbocycles. The monoisotopic (exact) mass is 457 g/mol. The Morgan fingerprint density at radius 2 is 1.19 bits per heavy atom. The standard InChI is InChI=1S/C29H51NOSi/c1-22-23(2)25(4)29(24(22)3)32(6,28-21-17-16-20-27(28)31-5)30-26-18-14-12-10-8-7-9-11-13-15-19-26/h16-17,20-26,29-30H,7-15,18-19H2,1-6H3. The fraction of sp³-hybridized carbons (Fsp3) is 0.793. The van der Waals surface area contributed by atoms with Crippen molar-refractivity contribution in [1.82, 2.24) is 4.98 Å². The minimum Gasteiger partial charge on any atom is -0.497 e. The van der Waals surface area contributed by atoms with Gasteiger partial charge in [-0.15, -0.1) is 0 Å². The van der Waals surface area contributed by atoms with Crippen LogP contribution in [-0.2, 0) is 0 Å². The smallest absolute Gasteiger partial charge is 0.163 e. The first kappa shape index (κ1) is 25.8. The molecule has 1 aromatic carbocycles. The van der Waals surface area contributed by atoms with E-state index in [4.69, 9.17) is 4.74 Å². The summed E-state index contributed by atoms with van der Waals surface area (Å²) < 4.78 is 5.97. The van der Waals surface area contributed by atoms with Crippen LogP contribution in [0.15, 0.2) is 24.3 Å². The van der Waals surface area contributed by atoms with E-state index in [1.807, 2.05) is 7.11 Å². The molecular formula is C29H51NOSi. The molecule has 0 radical (unpaired) electrons. The van der Waals surface area contributed by atoms with Gasteiger partial charge >= 0.3 is 0 Å². The highest BCUT2D eigenvalue weighted by molar-refractivity contribution is 6.90. The van der Waals surface area contributed by atoms with Gasteiger partial charge in [-0.05, 0) is 53.3 Å². The van der Waals surface area contributed by atoms with Crippen molar-refractivity contribution in [3.8, 4) is 5.75 Å². The number of rotatable bonds is 5. The molecule has 5 unspecified atom stereocenters. The molecule has 0 spiro atoms. The lowest BCUT2D eigenvalue weighted by molar-refractivity contribution is 0.352. The van der Waals surface area contributed by atoms with Crippen LogP contribution in [0.3, 0.4) is 0 Å². The molecule has 0 heterocycles. The molecule has 2 aliphatic rings. The Labute approximate surface area is 200 Å². The van der Waals surface area contributed by atoms with Crippen molar-refractivity contribution in [2.75, 3.05) is 7.11 Å². The first-order valence-electron chi connectivity index (χ1n) is 13.8. The zero-order valence-corrected chi connectivity index (χ0v) is 23.0. The molecule has 2 fully saturated rings. The van der Waals surface area contributed by atoms with Gasteiger partial charge in [0.1, 0.15) is 5.75 Å². The summed E-state index contributed by atoms with van der Waals surface area (Å²) in [6.45, 7) is 12.7. The number of para-hydroxylation sites is 1. The Morgan fingerprint density at radius 1 is 0.719 bits per heavy atom. The molecule has 182 valence electrons. The van der Waals surface area contributed by atoms with Gasteiger partial charge in [0.05, 0.1) is 7.11 Å². The maximum absolute atomic E-state index is 5.97. The van der Waals surface area contributed by atoms with E-state index in [0.29, 0.717) is 6.04 Å². The first-order valence-corrected chi connectivity index (χ1v) is 16.4. The van der Waals surface area contributed by atoms with Crippen LogP contribution >= 0.6 is 0 Å². The van der Waals surface area contributed by atoms with Gasteiger partial charge in [0.25, 0.3) is 0 Å². The van der Waals surface area contributed by atoms with E-state index in [1.54, 1.807) is 0 Å². The summed E-state index contributed by atoms with van der Waals surface area (Å²) in [5.41, 5.74) is 0.741. The second kappa shape index (κ2) is 12.1. The van der Waals surface area contributed by atoms with Crippen molar-refractivity contribution in [2.45, 2.75) is 116 Å². The van der Waals surface area contributed by atoms with Crippen molar-refractivity contribution >= 4 is 13.4 Å². The molecule has 0 amide bonds. The molecule has 0 saturated heterocycles. The number of hydrogen-bond donors (Lipinski definition) is 1. The average molecular weight is 458 g/mol. The van der Waals surface area contributed by atoms with E-state index in [0.717, 1.165) is 35.0 Å². The molecule has 2 aliphatic carbocycles. The van der Waals surface area contributed by atoms with Gasteiger partial charge in [-0.1, -0.05) is 110 Å². The fourth-order valence-corrected chi connectivity index (χ4v) is 13.0. The number of methoxy groups -OCH3 is 1. The lowest BCUT2D eigenvalue weighted by Crippen LogP contribution is -2.65. The third kappa shape index (κ3) is 5.81. The molecule has 2 nitrogen and oxygen atoms in total. The van der Waals surface area contributed by atoms with Crippen LogP contribution in [-0.4, -0.2) is 21.4 Å². The van der Waals surface area contributed by atoms with E-state index in [2.05, 4.69) is 63.5 Å². The fourth-order valence-electron chi connectivity index (χ4n) is 7.30. The van der Waals surface area contributed by atoms with Crippen molar-refractivity contribution in [3.63, 3.8) is 0 Å². The van der Waals surface area contributed by atoms with E-state index >= 15 is 0 Å². The van der Waals surface area contributed by atoms with Crippen LogP contribution in [0, 0.1) is 23.7 Å². The van der Waals surface area contributed by atoms with E-state index in [9.17, 15) is 0 Å². The molecule has 0 aromatic heterocycles. The van der Waals surface area contributed by atoms with Crippen molar-refractivity contribution in [3.05, 3.63) is 24.3 Å². The molecule has 3 heteroatoms. The zero-order valence-electron chi connectivity index (χ0n) is 22.0. The van der Waals surface area contributed by atoms with Crippen LogP contribution in [0.1, 0.15) is 98.3 Å². The Kier molecular flexibility index (Phi) is 9.73. The summed E-state index contributed by atoms with van der Waals surface area (Å²) in [5.74, 6) is 4.18. The highest BCUT2D eigenvalue weighted by Crippen LogP contribution is 2.53. The van der Waals surface area contributed by atoms with Crippen LogP contribution < -0.4 is 14.9 Å². The lowest BCUT2D eigenvalue weighted by atomic mass is 9.92. The van der Waals surface area contributed by atoms with E-state index < -0.39 is 8.24 Å². The zero-order chi connectivity index (χ0) is 23.1. The summed E-state index contributed by atoms with van der Waals surface area (Å²) >= 11 is 0. The second-order valence-electron chi connectivity index (χ2n) is 11.5. The summed E-state index contributed by atoms with van der Waals surface area (Å²) in [5, 5.41) is 1.50. The Hall–Kier alpha value is -0.803. The number of ether oxygens (including phenoxy) is 1. The quantitative estimate of drug-likeness (QED) is 0.458. The molecule has 1 aromatic rings. The topological polar surface area (TPSA) is 21.3 Å². The Morgan fingerprint density at radius 3 is 1.69 bits per heavy atom. The molecular weight excluding hydrogens is 406 g/mol. The number of nitrogens with one attached hydrogen (secondary N) is 1. The number of benzene rings is 1. The van der Waals surface area contributed by atoms with Gasteiger partial charge in [-0.25, -0.2) is 0 Å². The summed E-state index contributed by atoms with van der Waals surface area (Å²) in [4.78, 5) is 4.48. The summed E-state index contributed by atoms with van der Waals surface area (Å²) in [6, 6.07) is 9.62. The third-order valence-electron chi connectivity index (χ3n) is 9.56. The minimum absolute atomic E-state index is 0.654. The normalized spacial score (nSPS) is 33.1. The van der Waals surface area contributed by atoms with Crippen LogP contribution in [0.2, 0.25) is 12.1 Å². The second-order valence-corrected chi connectivity index (χ2v) is 15.4. The highest BCUT2D eigenvalue weighted by Gasteiger charge is 2.53. The van der Waals surface area contributed by atoms with Gasteiger partial charge < -0.3 is 9.72 Å². The van der Waals surface area contributed by atoms with Gasteiger partial charge in [-0.3, -0.25) is 0 Å². The van der Waals surface area contributed by atoms with E-state index in [-0.39, 0.29) is 0 Å². The summed E-state index contributed by atoms with van der Waals surface area (Å²) in [6.07, 6.45) is 15.5. The van der Waals surface area contributed by atoms with Gasteiger partial charge in [0.15, 0.2) is 8.24 Å². The van der Waals surface area contributed by atoms with Crippen LogP contribution in [0.5, 0.6) is 5.75 Å². The SMILES string of the molecule is COc1ccccc1[Si](C)(NC1CCCCCCCCCCC1)C1C(C)C(C)C(C)C1C. The third-order valence-corrected chi connectivity index (χ3v) is 14.5. The molecule has 1 N–H and O–H groups in total. The van der Waals surface area contributed by atoms with Gasteiger partial charge in [-0.2, -0.15) is 0 Å². The van der Waals surface area contributed by atoms with Crippen LogP contribution in [0.25, 0.3) is 0 Å². The highest BCUT2D eigenvalue weighted by atomic mass is 28.3. The van der Waals surface area contributed by atoms with Crippen molar-refractivity contribution in [1.29, 1.82) is 0 Å². The van der Waals surface area contributed by atoms with Gasteiger partial charge in [0, 0.05) is 6.04 Å². The maximum Gasteiger partial charge on any atom is 0.163 e. The Balaban J connectivity index is 1.92. The van der Waals surface area contributed by atoms with Gasteiger partial charge in [0.2, 0.25) is 0 Å². The Bertz CT molecular complexity index is 667. The predicted octanol–water partition coefficient (Wildman–Crippen LogP) is 7.67. The first-order chi connectivity index (χ1) is 15.4. The maximum atomic E-state index is 5.97.